The van der Waals surface area contributed by atoms with Crippen LogP contribution in [0.5, 0.6) is 0 Å². The molecule has 4 heteroatoms. The van der Waals surface area contributed by atoms with Crippen molar-refractivity contribution in [1.29, 1.82) is 0 Å². The van der Waals surface area contributed by atoms with Crippen molar-refractivity contribution in [3.8, 4) is 66.8 Å². The third kappa shape index (κ3) is 11.9. The van der Waals surface area contributed by atoms with Crippen LogP contribution in [0, 0.1) is 0 Å². The van der Waals surface area contributed by atoms with Crippen LogP contribution in [0.3, 0.4) is 0 Å². The first-order chi connectivity index (χ1) is 32.9. The zero-order valence-corrected chi connectivity index (χ0v) is 45.5. The Morgan fingerprint density at radius 3 is 0.926 bits per heavy atom. The molecule has 2 radical (unpaired) electrons. The van der Waals surface area contributed by atoms with Crippen LogP contribution >= 0.6 is 17.0 Å². The van der Waals surface area contributed by atoms with Crippen LogP contribution < -0.4 is 0 Å². The molecule has 0 aliphatic heterocycles. The van der Waals surface area contributed by atoms with Gasteiger partial charge in [0.1, 0.15) is 0 Å². The first kappa shape index (κ1) is 50.5. The normalized spacial score (nSPS) is 11.1. The second kappa shape index (κ2) is 23.3. The summed E-state index contributed by atoms with van der Waals surface area (Å²) in [5.41, 5.74) is 18.3. The predicted molar refractivity (Wildman–Crippen MR) is 298 cm³/mol. The summed E-state index contributed by atoms with van der Waals surface area (Å²) in [7, 11) is 11.0. The van der Waals surface area contributed by atoms with Crippen LogP contribution in [-0.4, -0.2) is 9.52 Å². The summed E-state index contributed by atoms with van der Waals surface area (Å²) >= 11 is -0.826. The minimum atomic E-state index is -0.826. The molecule has 0 heterocycles. The maximum absolute atomic E-state index is 4.93. The molecule has 0 amide bonds. The van der Waals surface area contributed by atoms with E-state index < -0.39 is 20.8 Å². The Hall–Kier alpha value is -5.34. The molecule has 0 N–H and O–H groups in total. The Bertz CT molecular complexity index is 2940. The van der Waals surface area contributed by atoms with Crippen LogP contribution in [-0.2, 0) is 31.7 Å². The zero-order chi connectivity index (χ0) is 48.3. The molecule has 338 valence electrons. The molecule has 0 aliphatic rings. The van der Waals surface area contributed by atoms with Crippen LogP contribution in [0.1, 0.15) is 52.7 Å². The van der Waals surface area contributed by atoms with Crippen molar-refractivity contribution in [1.82, 2.24) is 0 Å². The van der Waals surface area contributed by atoms with Crippen LogP contribution in [0.25, 0.3) is 88.3 Å². The predicted octanol–water partition coefficient (Wildman–Crippen LogP) is 19.9. The molecule has 0 saturated carbocycles. The van der Waals surface area contributed by atoms with Gasteiger partial charge in [-0.15, -0.1) is 69.1 Å². The van der Waals surface area contributed by atoms with Gasteiger partial charge in [0.25, 0.3) is 0 Å². The molecule has 0 bridgehead atoms. The van der Waals surface area contributed by atoms with Gasteiger partial charge in [0.15, 0.2) is 0 Å². The average molecular weight is 1020 g/mol. The number of hydrogen-bond donors (Lipinski definition) is 0. The van der Waals surface area contributed by atoms with Crippen molar-refractivity contribution in [3.05, 3.63) is 230 Å². The Morgan fingerprint density at radius 2 is 0.632 bits per heavy atom. The van der Waals surface area contributed by atoms with E-state index in [1.165, 1.54) is 99.4 Å². The van der Waals surface area contributed by atoms with Gasteiger partial charge < -0.3 is 0 Å². The molecule has 68 heavy (non-hydrogen) atoms. The summed E-state index contributed by atoms with van der Waals surface area (Å²) < 4.78 is 0. The van der Waals surface area contributed by atoms with Gasteiger partial charge in [0.05, 0.1) is 0 Å². The van der Waals surface area contributed by atoms with E-state index in [2.05, 4.69) is 273 Å². The number of rotatable bonds is 6. The fourth-order valence-corrected chi connectivity index (χ4v) is 9.13. The standard InChI is InChI=1S/2C31H27.C2H6Si.2ClH.Zr/c2*1-31(2,3)29-19-18-24-20-25(22-12-6-4-7-13-22)21-28(24)30(29)27-17-11-10-16-26(27)23-14-8-5-9-15-23;1-3-2;;;/h2*4-21H,1-3H3;1-2H3;2*1H;/q2*-1;;;;+4/p-2. The summed E-state index contributed by atoms with van der Waals surface area (Å²) in [5, 5.41) is 5.25. The van der Waals surface area contributed by atoms with Gasteiger partial charge >= 0.3 is 37.9 Å². The fraction of sp³-hybridized carbons (Fsp3) is 0.156. The van der Waals surface area contributed by atoms with E-state index in [9.17, 15) is 0 Å². The molecule has 0 nitrogen and oxygen atoms in total. The Labute approximate surface area is 427 Å². The molecule has 10 aromatic carbocycles. The van der Waals surface area contributed by atoms with Gasteiger partial charge in [-0.2, -0.15) is 0 Å². The SMILES string of the molecule is CC(C)(C)c1ccc2[cH-]c(-c3ccccc3)cc2c1-c1ccccc1-c1ccccc1.CC(C)(C)c1ccc2[cH-]c(-c3ccccc3)cc2c1-c1ccccc1-c1ccccc1.C[Si]C.[Cl][Zr+2][Cl]. The number of halogens is 2. The Kier molecular flexibility index (Phi) is 17.3. The molecule has 10 aromatic rings. The van der Waals surface area contributed by atoms with Gasteiger partial charge in [-0.05, 0) is 66.5 Å². The molecule has 0 saturated heterocycles. The second-order valence-corrected chi connectivity index (χ2v) is 23.8. The summed E-state index contributed by atoms with van der Waals surface area (Å²) in [6, 6.07) is 79.1. The third-order valence-electron chi connectivity index (χ3n) is 12.2. The maximum atomic E-state index is 4.93. The van der Waals surface area contributed by atoms with Crippen molar-refractivity contribution < 1.29 is 20.8 Å². The number of hydrogen-bond acceptors (Lipinski definition) is 0. The van der Waals surface area contributed by atoms with E-state index in [4.69, 9.17) is 17.0 Å². The first-order valence-corrected chi connectivity index (χ1v) is 31.6. The fourth-order valence-electron chi connectivity index (χ4n) is 9.13. The molecular formula is C64H60Cl2SiZr. The molecule has 0 spiro atoms. The summed E-state index contributed by atoms with van der Waals surface area (Å²) in [4.78, 5) is 0. The van der Waals surface area contributed by atoms with Gasteiger partial charge in [-0.1, -0.05) is 248 Å². The summed E-state index contributed by atoms with van der Waals surface area (Å²) in [6.45, 7) is 18.2. The van der Waals surface area contributed by atoms with Crippen molar-refractivity contribution in [2.45, 2.75) is 65.5 Å². The Balaban J connectivity index is 0.000000181. The quantitative estimate of drug-likeness (QED) is 0.115. The van der Waals surface area contributed by atoms with E-state index in [-0.39, 0.29) is 10.8 Å². The molecule has 0 aromatic heterocycles. The number of fused-ring (bicyclic) bond motifs is 2. The van der Waals surface area contributed by atoms with E-state index in [1.54, 1.807) is 0 Å². The van der Waals surface area contributed by atoms with Gasteiger partial charge in [0.2, 0.25) is 0 Å². The molecule has 0 unspecified atom stereocenters. The van der Waals surface area contributed by atoms with Crippen LogP contribution in [0.15, 0.2) is 218 Å². The zero-order valence-electron chi connectivity index (χ0n) is 40.5. The van der Waals surface area contributed by atoms with Gasteiger partial charge in [0, 0.05) is 9.52 Å². The monoisotopic (exact) mass is 1020 g/mol. The van der Waals surface area contributed by atoms with Crippen molar-refractivity contribution >= 4 is 48.1 Å². The van der Waals surface area contributed by atoms with E-state index >= 15 is 0 Å². The molecular weight excluding hydrogens is 959 g/mol. The van der Waals surface area contributed by atoms with Crippen molar-refractivity contribution in [2.24, 2.45) is 0 Å². The third-order valence-corrected chi connectivity index (χ3v) is 12.2. The van der Waals surface area contributed by atoms with E-state index in [0.717, 1.165) is 9.52 Å². The summed E-state index contributed by atoms with van der Waals surface area (Å²) in [6.07, 6.45) is 0. The molecule has 0 atom stereocenters. The van der Waals surface area contributed by atoms with Crippen molar-refractivity contribution in [3.63, 3.8) is 0 Å². The van der Waals surface area contributed by atoms with E-state index in [0.29, 0.717) is 0 Å². The average Bonchev–Trinajstić information content (AvgIpc) is 4.01. The molecule has 0 fully saturated rings. The minimum absolute atomic E-state index is 0.0392. The van der Waals surface area contributed by atoms with E-state index in [1.807, 2.05) is 0 Å². The molecule has 0 aliphatic carbocycles. The summed E-state index contributed by atoms with van der Waals surface area (Å²) in [5.74, 6) is 0. The van der Waals surface area contributed by atoms with Crippen molar-refractivity contribution in [2.75, 3.05) is 0 Å². The van der Waals surface area contributed by atoms with Crippen LogP contribution in [0.4, 0.5) is 0 Å². The topological polar surface area (TPSA) is 0 Å². The second-order valence-electron chi connectivity index (χ2n) is 19.1. The van der Waals surface area contributed by atoms with Gasteiger partial charge in [-0.25, -0.2) is 0 Å². The Morgan fingerprint density at radius 1 is 0.368 bits per heavy atom. The van der Waals surface area contributed by atoms with Gasteiger partial charge in [-0.3, -0.25) is 0 Å². The molecule has 10 rings (SSSR count). The first-order valence-electron chi connectivity index (χ1n) is 23.3. The van der Waals surface area contributed by atoms with Crippen LogP contribution in [0.2, 0.25) is 13.1 Å². The number of benzene rings is 8.